The lowest BCUT2D eigenvalue weighted by atomic mass is 10.2. The summed E-state index contributed by atoms with van der Waals surface area (Å²) in [5, 5.41) is 9.17. The summed E-state index contributed by atoms with van der Waals surface area (Å²) in [6, 6.07) is 6.68. The highest BCUT2D eigenvalue weighted by Gasteiger charge is 2.36. The summed E-state index contributed by atoms with van der Waals surface area (Å²) >= 11 is 1.46. The van der Waals surface area contributed by atoms with E-state index in [0.29, 0.717) is 25.1 Å². The molecule has 0 saturated carbocycles. The van der Waals surface area contributed by atoms with Gasteiger partial charge in [0.2, 0.25) is 11.8 Å². The minimum Gasteiger partial charge on any atom is -0.480 e. The molecule has 22 heavy (non-hydrogen) atoms. The van der Waals surface area contributed by atoms with E-state index in [1.165, 1.54) is 21.6 Å². The highest BCUT2D eigenvalue weighted by molar-refractivity contribution is 8.00. The highest BCUT2D eigenvalue weighted by Crippen LogP contribution is 2.35. The molecule has 1 saturated heterocycles. The van der Waals surface area contributed by atoms with Gasteiger partial charge < -0.3 is 14.9 Å². The number of likely N-dealkylation sites (tertiary alicyclic amines) is 1. The lowest BCUT2D eigenvalue weighted by Crippen LogP contribution is -2.48. The molecular formula is C15H16N2O4S. The Morgan fingerprint density at radius 3 is 2.86 bits per heavy atom. The second-order valence-electron chi connectivity index (χ2n) is 5.32. The molecule has 2 aliphatic heterocycles. The summed E-state index contributed by atoms with van der Waals surface area (Å²) in [7, 11) is 0. The minimum atomic E-state index is -0.980. The van der Waals surface area contributed by atoms with Gasteiger partial charge >= 0.3 is 5.97 Å². The maximum absolute atomic E-state index is 12.4. The number of rotatable bonds is 3. The van der Waals surface area contributed by atoms with Crippen LogP contribution >= 0.6 is 11.8 Å². The van der Waals surface area contributed by atoms with Crippen LogP contribution in [0.3, 0.4) is 0 Å². The monoisotopic (exact) mass is 320 g/mol. The van der Waals surface area contributed by atoms with Gasteiger partial charge in [0.1, 0.15) is 12.6 Å². The number of carboxylic acids is 1. The maximum atomic E-state index is 12.4. The van der Waals surface area contributed by atoms with Crippen molar-refractivity contribution in [1.29, 1.82) is 0 Å². The molecule has 6 nitrogen and oxygen atoms in total. The van der Waals surface area contributed by atoms with Crippen molar-refractivity contribution >= 4 is 35.2 Å². The molecule has 3 rings (SSSR count). The van der Waals surface area contributed by atoms with Crippen LogP contribution in [-0.4, -0.2) is 52.7 Å². The molecule has 1 N–H and O–H groups in total. The number of aliphatic carboxylic acids is 1. The SMILES string of the molecule is O=C(O)[C@@H]1CCCN1C(=O)CN1C(=O)CSc2ccccc21. The Balaban J connectivity index is 1.79. The quantitative estimate of drug-likeness (QED) is 0.905. The first kappa shape index (κ1) is 14.9. The number of nitrogens with zero attached hydrogens (tertiary/aromatic N) is 2. The Morgan fingerprint density at radius 2 is 2.09 bits per heavy atom. The average Bonchev–Trinajstić information content (AvgIpc) is 3.00. The first-order chi connectivity index (χ1) is 10.6. The van der Waals surface area contributed by atoms with Gasteiger partial charge in [-0.1, -0.05) is 12.1 Å². The number of benzene rings is 1. The van der Waals surface area contributed by atoms with E-state index in [4.69, 9.17) is 0 Å². The van der Waals surface area contributed by atoms with Gasteiger partial charge in [-0.2, -0.15) is 0 Å². The van der Waals surface area contributed by atoms with Crippen LogP contribution in [0.4, 0.5) is 5.69 Å². The van der Waals surface area contributed by atoms with E-state index in [9.17, 15) is 19.5 Å². The van der Waals surface area contributed by atoms with Gasteiger partial charge in [-0.05, 0) is 25.0 Å². The molecule has 1 aromatic rings. The molecule has 0 unspecified atom stereocenters. The summed E-state index contributed by atoms with van der Waals surface area (Å²) in [5.74, 6) is -1.11. The van der Waals surface area contributed by atoms with E-state index < -0.39 is 12.0 Å². The third-order valence-electron chi connectivity index (χ3n) is 3.96. The third-order valence-corrected chi connectivity index (χ3v) is 5.01. The molecule has 7 heteroatoms. The zero-order valence-corrected chi connectivity index (χ0v) is 12.7. The summed E-state index contributed by atoms with van der Waals surface area (Å²) in [6.07, 6.45) is 1.16. The highest BCUT2D eigenvalue weighted by atomic mass is 32.2. The number of amides is 2. The second-order valence-corrected chi connectivity index (χ2v) is 6.34. The zero-order valence-electron chi connectivity index (χ0n) is 11.9. The summed E-state index contributed by atoms with van der Waals surface area (Å²) in [6.45, 7) is 0.342. The van der Waals surface area contributed by atoms with Gasteiger partial charge in [-0.15, -0.1) is 11.8 Å². The second kappa shape index (κ2) is 6.00. The van der Waals surface area contributed by atoms with Gasteiger partial charge in [-0.25, -0.2) is 4.79 Å². The third kappa shape index (κ3) is 2.68. The van der Waals surface area contributed by atoms with Gasteiger partial charge in [-0.3, -0.25) is 9.59 Å². The van der Waals surface area contributed by atoms with Crippen LogP contribution in [0.25, 0.3) is 0 Å². The minimum absolute atomic E-state index is 0.0970. The fourth-order valence-electron chi connectivity index (χ4n) is 2.88. The Labute approximate surface area is 132 Å². The van der Waals surface area contributed by atoms with E-state index in [0.717, 1.165) is 10.6 Å². The van der Waals surface area contributed by atoms with Crippen molar-refractivity contribution in [3.05, 3.63) is 24.3 Å². The van der Waals surface area contributed by atoms with E-state index in [1.807, 2.05) is 24.3 Å². The number of carbonyl (C=O) groups excluding carboxylic acids is 2. The molecule has 1 aromatic carbocycles. The predicted molar refractivity (Wildman–Crippen MR) is 81.9 cm³/mol. The Hall–Kier alpha value is -2.02. The standard InChI is InChI=1S/C15H16N2O4S/c18-13(16-7-3-5-11(16)15(20)21)8-17-10-4-1-2-6-12(10)22-9-14(17)19/h1-2,4,6,11H,3,5,7-9H2,(H,20,21)/t11-/m0/s1. The number of hydrogen-bond donors (Lipinski definition) is 1. The van der Waals surface area contributed by atoms with Crippen LogP contribution in [0.5, 0.6) is 0 Å². The molecule has 1 fully saturated rings. The molecular weight excluding hydrogens is 304 g/mol. The van der Waals surface area contributed by atoms with Crippen LogP contribution in [0.2, 0.25) is 0 Å². The summed E-state index contributed by atoms with van der Waals surface area (Å²) in [4.78, 5) is 39.6. The molecule has 1 atom stereocenters. The largest absolute Gasteiger partial charge is 0.480 e. The molecule has 2 heterocycles. The summed E-state index contributed by atoms with van der Waals surface area (Å²) < 4.78 is 0. The van der Waals surface area contributed by atoms with Crippen LogP contribution in [0.15, 0.2) is 29.2 Å². The van der Waals surface area contributed by atoms with Crippen molar-refractivity contribution in [2.75, 3.05) is 23.7 Å². The topological polar surface area (TPSA) is 77.9 Å². The summed E-state index contributed by atoms with van der Waals surface area (Å²) in [5.41, 5.74) is 0.725. The fourth-order valence-corrected chi connectivity index (χ4v) is 3.81. The molecule has 116 valence electrons. The number of hydrogen-bond acceptors (Lipinski definition) is 4. The number of anilines is 1. The Bertz CT molecular complexity index is 634. The molecule has 0 bridgehead atoms. The first-order valence-corrected chi connectivity index (χ1v) is 8.11. The van der Waals surface area contributed by atoms with Gasteiger partial charge in [0.05, 0.1) is 11.4 Å². The van der Waals surface area contributed by atoms with Crippen LogP contribution < -0.4 is 4.90 Å². The molecule has 0 spiro atoms. The van der Waals surface area contributed by atoms with E-state index in [-0.39, 0.29) is 18.4 Å². The van der Waals surface area contributed by atoms with Crippen LogP contribution in [-0.2, 0) is 14.4 Å². The zero-order chi connectivity index (χ0) is 15.7. The first-order valence-electron chi connectivity index (χ1n) is 7.12. The average molecular weight is 320 g/mol. The van der Waals surface area contributed by atoms with Crippen molar-refractivity contribution in [2.45, 2.75) is 23.8 Å². The lowest BCUT2D eigenvalue weighted by Gasteiger charge is -2.30. The Morgan fingerprint density at radius 1 is 1.32 bits per heavy atom. The van der Waals surface area contributed by atoms with E-state index in [1.54, 1.807) is 0 Å². The molecule has 2 aliphatic rings. The molecule has 0 aliphatic carbocycles. The number of para-hydroxylation sites is 1. The van der Waals surface area contributed by atoms with Crippen molar-refractivity contribution < 1.29 is 19.5 Å². The van der Waals surface area contributed by atoms with Crippen molar-refractivity contribution in [1.82, 2.24) is 4.90 Å². The molecule has 0 aromatic heterocycles. The van der Waals surface area contributed by atoms with Crippen molar-refractivity contribution in [2.24, 2.45) is 0 Å². The number of carboxylic acid groups (broad SMARTS) is 1. The van der Waals surface area contributed by atoms with Crippen LogP contribution in [0, 0.1) is 0 Å². The van der Waals surface area contributed by atoms with Gasteiger partial charge in [0, 0.05) is 11.4 Å². The number of thioether (sulfide) groups is 1. The lowest BCUT2D eigenvalue weighted by molar-refractivity contribution is -0.147. The van der Waals surface area contributed by atoms with Crippen molar-refractivity contribution in [3.8, 4) is 0 Å². The predicted octanol–water partition coefficient (Wildman–Crippen LogP) is 1.20. The van der Waals surface area contributed by atoms with E-state index >= 15 is 0 Å². The van der Waals surface area contributed by atoms with Crippen LogP contribution in [0.1, 0.15) is 12.8 Å². The molecule has 2 amide bonds. The van der Waals surface area contributed by atoms with Gasteiger partial charge in [0.25, 0.3) is 0 Å². The maximum Gasteiger partial charge on any atom is 0.326 e. The Kier molecular flexibility index (Phi) is 4.06. The smallest absolute Gasteiger partial charge is 0.326 e. The van der Waals surface area contributed by atoms with Gasteiger partial charge in [0.15, 0.2) is 0 Å². The van der Waals surface area contributed by atoms with E-state index in [2.05, 4.69) is 0 Å². The number of fused-ring (bicyclic) bond motifs is 1. The normalized spacial score (nSPS) is 20.9. The van der Waals surface area contributed by atoms with Crippen molar-refractivity contribution in [3.63, 3.8) is 0 Å². The fraction of sp³-hybridized carbons (Fsp3) is 0.400. The molecule has 0 radical (unpaired) electrons. The number of carbonyl (C=O) groups is 3.